The lowest BCUT2D eigenvalue weighted by atomic mass is 9.88. The molecule has 33 heavy (non-hydrogen) atoms. The molecule has 0 saturated heterocycles. The molecule has 3 rings (SSSR count). The van der Waals surface area contributed by atoms with Crippen LogP contribution in [-0.4, -0.2) is 47.1 Å². The van der Waals surface area contributed by atoms with Crippen LogP contribution in [0.25, 0.3) is 0 Å². The van der Waals surface area contributed by atoms with E-state index >= 15 is 0 Å². The first-order valence-corrected chi connectivity index (χ1v) is 11.7. The number of aromatic hydroxyl groups is 1. The Morgan fingerprint density at radius 1 is 1.18 bits per heavy atom. The van der Waals surface area contributed by atoms with Crippen LogP contribution in [0.2, 0.25) is 0 Å². The van der Waals surface area contributed by atoms with Crippen molar-refractivity contribution >= 4 is 5.97 Å². The van der Waals surface area contributed by atoms with E-state index < -0.39 is 6.10 Å². The van der Waals surface area contributed by atoms with Crippen LogP contribution in [0, 0.1) is 0 Å². The molecule has 0 amide bonds. The predicted molar refractivity (Wildman–Crippen MR) is 125 cm³/mol. The highest BCUT2D eigenvalue weighted by atomic mass is 16.5. The van der Waals surface area contributed by atoms with Crippen molar-refractivity contribution in [3.63, 3.8) is 0 Å². The molecular weight excluding hydrogens is 422 g/mol. The number of rotatable bonds is 12. The fourth-order valence-corrected chi connectivity index (χ4v) is 4.13. The van der Waals surface area contributed by atoms with Crippen molar-refractivity contribution in [2.24, 2.45) is 0 Å². The van der Waals surface area contributed by atoms with Crippen molar-refractivity contribution in [3.8, 4) is 11.5 Å². The molecule has 0 unspecified atom stereocenters. The fourth-order valence-electron chi connectivity index (χ4n) is 4.13. The number of carbonyl (C=O) groups is 1. The highest BCUT2D eigenvalue weighted by molar-refractivity contribution is 5.69. The van der Waals surface area contributed by atoms with Gasteiger partial charge in [0.1, 0.15) is 11.5 Å². The van der Waals surface area contributed by atoms with Crippen LogP contribution in [-0.2, 0) is 29.0 Å². The molecule has 0 fully saturated rings. The van der Waals surface area contributed by atoms with Crippen molar-refractivity contribution in [3.05, 3.63) is 58.7 Å². The standard InChI is InChI=1S/C26H35NO6/c1-2-32-26(31)5-3-4-12-33-23-10-7-18-6-9-22(14-20(18)15-23)27-16-25(30)19-8-11-24(29)21(13-19)17-28/h7-8,10-11,13,15,22,25,27-30H,2-6,9,12,14,16-17H2,1H3/t22-,25+/m0/s1. The smallest absolute Gasteiger partial charge is 0.305 e. The number of ether oxygens (including phenoxy) is 2. The number of hydrogen-bond donors (Lipinski definition) is 4. The second kappa shape index (κ2) is 12.6. The third kappa shape index (κ3) is 7.45. The van der Waals surface area contributed by atoms with E-state index in [0.717, 1.165) is 37.9 Å². The number of nitrogens with one attached hydrogen (secondary N) is 1. The van der Waals surface area contributed by atoms with E-state index in [0.29, 0.717) is 37.3 Å². The third-order valence-electron chi connectivity index (χ3n) is 6.01. The first-order chi connectivity index (χ1) is 16.0. The maximum atomic E-state index is 11.4. The topological polar surface area (TPSA) is 108 Å². The van der Waals surface area contributed by atoms with Gasteiger partial charge in [0.05, 0.1) is 25.9 Å². The Labute approximate surface area is 195 Å². The number of aliphatic hydroxyl groups is 2. The number of hydrogen-bond acceptors (Lipinski definition) is 7. The summed E-state index contributed by atoms with van der Waals surface area (Å²) in [6, 6.07) is 11.3. The molecular formula is C26H35NO6. The molecule has 0 bridgehead atoms. The first kappa shape index (κ1) is 25.0. The van der Waals surface area contributed by atoms with Gasteiger partial charge in [-0.2, -0.15) is 0 Å². The molecule has 0 aliphatic heterocycles. The van der Waals surface area contributed by atoms with Crippen molar-refractivity contribution in [1.82, 2.24) is 5.32 Å². The van der Waals surface area contributed by atoms with Gasteiger partial charge in [-0.1, -0.05) is 12.1 Å². The maximum Gasteiger partial charge on any atom is 0.305 e. The van der Waals surface area contributed by atoms with E-state index in [9.17, 15) is 20.1 Å². The SMILES string of the molecule is CCOC(=O)CCCCOc1ccc2c(c1)C[C@@H](NC[C@@H](O)c1ccc(O)c(CO)c1)CC2. The summed E-state index contributed by atoms with van der Waals surface area (Å²) in [6.07, 6.45) is 4.07. The number of unbranched alkanes of at least 4 members (excludes halogenated alkanes) is 1. The summed E-state index contributed by atoms with van der Waals surface area (Å²) in [5.41, 5.74) is 3.66. The van der Waals surface area contributed by atoms with Gasteiger partial charge in [0.2, 0.25) is 0 Å². The second-order valence-corrected chi connectivity index (χ2v) is 8.45. The summed E-state index contributed by atoms with van der Waals surface area (Å²) in [5.74, 6) is 0.711. The summed E-state index contributed by atoms with van der Waals surface area (Å²) in [7, 11) is 0. The molecule has 2 aromatic carbocycles. The minimum absolute atomic E-state index is 0.0299. The third-order valence-corrected chi connectivity index (χ3v) is 6.01. The number of esters is 1. The van der Waals surface area contributed by atoms with Crippen molar-refractivity contribution in [2.45, 2.75) is 64.2 Å². The van der Waals surface area contributed by atoms with Gasteiger partial charge in [-0.25, -0.2) is 0 Å². The number of phenols is 1. The average Bonchev–Trinajstić information content (AvgIpc) is 2.82. The van der Waals surface area contributed by atoms with E-state index in [4.69, 9.17) is 9.47 Å². The highest BCUT2D eigenvalue weighted by Crippen LogP contribution is 2.27. The molecule has 7 heteroatoms. The van der Waals surface area contributed by atoms with Crippen LogP contribution in [0.4, 0.5) is 0 Å². The van der Waals surface area contributed by atoms with Crippen LogP contribution in [0.15, 0.2) is 36.4 Å². The van der Waals surface area contributed by atoms with Crippen LogP contribution in [0.5, 0.6) is 11.5 Å². The monoisotopic (exact) mass is 457 g/mol. The Bertz CT molecular complexity index is 916. The molecule has 0 spiro atoms. The Morgan fingerprint density at radius 2 is 2.03 bits per heavy atom. The molecule has 0 saturated carbocycles. The van der Waals surface area contributed by atoms with Gasteiger partial charge >= 0.3 is 5.97 Å². The summed E-state index contributed by atoms with van der Waals surface area (Å²) in [4.78, 5) is 11.4. The maximum absolute atomic E-state index is 11.4. The van der Waals surface area contributed by atoms with Crippen LogP contribution < -0.4 is 10.1 Å². The molecule has 0 radical (unpaired) electrons. The second-order valence-electron chi connectivity index (χ2n) is 8.45. The molecule has 0 heterocycles. The number of benzene rings is 2. The van der Waals surface area contributed by atoms with Crippen molar-refractivity contribution < 1.29 is 29.6 Å². The Balaban J connectivity index is 1.46. The first-order valence-electron chi connectivity index (χ1n) is 11.7. The highest BCUT2D eigenvalue weighted by Gasteiger charge is 2.20. The molecule has 4 N–H and O–H groups in total. The summed E-state index contributed by atoms with van der Waals surface area (Å²) in [5, 5.41) is 33.0. The van der Waals surface area contributed by atoms with Gasteiger partial charge in [-0.05, 0) is 80.0 Å². The van der Waals surface area contributed by atoms with Crippen LogP contribution in [0.1, 0.15) is 61.0 Å². The fraction of sp³-hybridized carbons (Fsp3) is 0.500. The molecule has 7 nitrogen and oxygen atoms in total. The van der Waals surface area contributed by atoms with Crippen molar-refractivity contribution in [2.75, 3.05) is 19.8 Å². The van der Waals surface area contributed by atoms with E-state index in [-0.39, 0.29) is 24.4 Å². The Kier molecular flexibility index (Phi) is 9.54. The van der Waals surface area contributed by atoms with Crippen molar-refractivity contribution in [1.29, 1.82) is 0 Å². The van der Waals surface area contributed by atoms with E-state index in [2.05, 4.69) is 17.4 Å². The largest absolute Gasteiger partial charge is 0.508 e. The zero-order chi connectivity index (χ0) is 23.6. The van der Waals surface area contributed by atoms with Gasteiger partial charge in [0, 0.05) is 24.6 Å². The van der Waals surface area contributed by atoms with Gasteiger partial charge in [0.25, 0.3) is 0 Å². The lowest BCUT2D eigenvalue weighted by molar-refractivity contribution is -0.143. The average molecular weight is 458 g/mol. The molecule has 1 aliphatic carbocycles. The van der Waals surface area contributed by atoms with Gasteiger partial charge < -0.3 is 30.1 Å². The minimum atomic E-state index is -0.721. The lowest BCUT2D eigenvalue weighted by Gasteiger charge is -2.27. The van der Waals surface area contributed by atoms with Crippen LogP contribution in [0.3, 0.4) is 0 Å². The van der Waals surface area contributed by atoms with Gasteiger partial charge in [0.15, 0.2) is 0 Å². The van der Waals surface area contributed by atoms with Gasteiger partial charge in [-0.3, -0.25) is 4.79 Å². The van der Waals surface area contributed by atoms with Crippen LogP contribution >= 0.6 is 0 Å². The predicted octanol–water partition coefficient (Wildman–Crippen LogP) is 3.18. The number of aliphatic hydroxyl groups excluding tert-OH is 2. The normalized spacial score (nSPS) is 16.2. The number of fused-ring (bicyclic) bond motifs is 1. The van der Waals surface area contributed by atoms with Gasteiger partial charge in [-0.15, -0.1) is 0 Å². The Morgan fingerprint density at radius 3 is 2.82 bits per heavy atom. The molecule has 180 valence electrons. The molecule has 2 aromatic rings. The zero-order valence-electron chi connectivity index (χ0n) is 19.3. The molecule has 0 aromatic heterocycles. The van der Waals surface area contributed by atoms with E-state index in [1.165, 1.54) is 17.2 Å². The molecule has 2 atom stereocenters. The summed E-state index contributed by atoms with van der Waals surface area (Å²) in [6.45, 7) is 2.92. The molecule has 1 aliphatic rings. The van der Waals surface area contributed by atoms with E-state index in [1.54, 1.807) is 12.1 Å². The zero-order valence-corrected chi connectivity index (χ0v) is 19.3. The quantitative estimate of drug-likeness (QED) is 0.286. The summed E-state index contributed by atoms with van der Waals surface area (Å²) < 4.78 is 10.8. The summed E-state index contributed by atoms with van der Waals surface area (Å²) >= 11 is 0. The lowest BCUT2D eigenvalue weighted by Crippen LogP contribution is -2.37. The Hall–Kier alpha value is -2.61. The number of carbonyl (C=O) groups excluding carboxylic acids is 1. The number of aryl methyl sites for hydroxylation is 1. The minimum Gasteiger partial charge on any atom is -0.508 e. The van der Waals surface area contributed by atoms with E-state index in [1.807, 2.05) is 13.0 Å².